The first-order valence-corrected chi connectivity index (χ1v) is 7.34. The normalized spacial score (nSPS) is 19.4. The summed E-state index contributed by atoms with van der Waals surface area (Å²) in [6.07, 6.45) is 5.20. The second-order valence-electron chi connectivity index (χ2n) is 5.64. The Morgan fingerprint density at radius 1 is 1.55 bits per heavy atom. The van der Waals surface area contributed by atoms with Gasteiger partial charge in [-0.15, -0.1) is 0 Å². The number of pyridine rings is 1. The maximum absolute atomic E-state index is 11.6. The van der Waals surface area contributed by atoms with Crippen LogP contribution in [0.2, 0.25) is 0 Å². The van der Waals surface area contributed by atoms with Crippen molar-refractivity contribution in [3.63, 3.8) is 0 Å². The number of nitrogens with one attached hydrogen (secondary N) is 1. The molecule has 1 atom stereocenters. The highest BCUT2D eigenvalue weighted by Crippen LogP contribution is 2.25. The number of nitrogens with two attached hydrogens (primary N) is 1. The molecule has 0 aromatic carbocycles. The van der Waals surface area contributed by atoms with Gasteiger partial charge < -0.3 is 16.0 Å². The van der Waals surface area contributed by atoms with Gasteiger partial charge in [-0.25, -0.2) is 4.98 Å². The van der Waals surface area contributed by atoms with Gasteiger partial charge in [0.1, 0.15) is 5.82 Å². The van der Waals surface area contributed by atoms with Gasteiger partial charge in [-0.1, -0.05) is 13.8 Å². The Labute approximate surface area is 120 Å². The highest BCUT2D eigenvalue weighted by Gasteiger charge is 2.26. The number of carbonyl (C=O) groups is 1. The van der Waals surface area contributed by atoms with Crippen LogP contribution in [0, 0.1) is 0 Å². The van der Waals surface area contributed by atoms with Crippen molar-refractivity contribution in [1.29, 1.82) is 0 Å². The maximum atomic E-state index is 11.6. The van der Waals surface area contributed by atoms with Crippen molar-refractivity contribution in [2.24, 2.45) is 5.73 Å². The number of hydrogen-bond acceptors (Lipinski definition) is 4. The second-order valence-corrected chi connectivity index (χ2v) is 5.64. The van der Waals surface area contributed by atoms with Crippen LogP contribution in [0.5, 0.6) is 0 Å². The van der Waals surface area contributed by atoms with Gasteiger partial charge in [0.05, 0.1) is 5.56 Å². The van der Waals surface area contributed by atoms with Crippen LogP contribution in [0.4, 0.5) is 5.82 Å². The van der Waals surface area contributed by atoms with Crippen molar-refractivity contribution in [3.8, 4) is 0 Å². The van der Waals surface area contributed by atoms with E-state index in [0.29, 0.717) is 17.6 Å². The fourth-order valence-electron chi connectivity index (χ4n) is 2.68. The molecule has 3 N–H and O–H groups in total. The molecule has 0 radical (unpaired) electrons. The summed E-state index contributed by atoms with van der Waals surface area (Å²) >= 11 is 0. The Kier molecular flexibility index (Phi) is 4.95. The molecule has 0 saturated carbocycles. The molecule has 0 aliphatic carbocycles. The molecule has 5 heteroatoms. The average Bonchev–Trinajstić information content (AvgIpc) is 2.45. The zero-order chi connectivity index (χ0) is 14.5. The van der Waals surface area contributed by atoms with E-state index in [1.807, 2.05) is 0 Å². The van der Waals surface area contributed by atoms with Gasteiger partial charge in [0.25, 0.3) is 5.91 Å². The zero-order valence-corrected chi connectivity index (χ0v) is 12.3. The molecule has 5 nitrogen and oxygen atoms in total. The van der Waals surface area contributed by atoms with Gasteiger partial charge in [0.15, 0.2) is 0 Å². The number of aromatic nitrogens is 1. The van der Waals surface area contributed by atoms with Crippen molar-refractivity contribution in [1.82, 2.24) is 10.3 Å². The molecule has 1 aromatic rings. The zero-order valence-electron chi connectivity index (χ0n) is 12.3. The summed E-state index contributed by atoms with van der Waals surface area (Å²) in [7, 11) is 0. The minimum Gasteiger partial charge on any atom is -0.365 e. The summed E-state index contributed by atoms with van der Waals surface area (Å²) in [5.41, 5.74) is 5.99. The molecule has 1 aliphatic rings. The molecule has 1 amide bonds. The smallest absolute Gasteiger partial charge is 0.252 e. The minimum absolute atomic E-state index is 0.374. The molecule has 1 saturated heterocycles. The van der Waals surface area contributed by atoms with E-state index in [9.17, 15) is 4.79 Å². The number of amides is 1. The maximum Gasteiger partial charge on any atom is 0.252 e. The van der Waals surface area contributed by atoms with Gasteiger partial charge in [-0.2, -0.15) is 0 Å². The van der Waals surface area contributed by atoms with Crippen molar-refractivity contribution < 1.29 is 4.79 Å². The van der Waals surface area contributed by atoms with Crippen LogP contribution in [0.15, 0.2) is 18.3 Å². The van der Waals surface area contributed by atoms with Crippen LogP contribution >= 0.6 is 0 Å². The number of rotatable bonds is 5. The monoisotopic (exact) mass is 276 g/mol. The average molecular weight is 276 g/mol. The fourth-order valence-corrected chi connectivity index (χ4v) is 2.68. The Bertz CT molecular complexity index is 461. The van der Waals surface area contributed by atoms with Gasteiger partial charge in [-0.05, 0) is 31.4 Å². The van der Waals surface area contributed by atoms with Crippen LogP contribution in [0.3, 0.4) is 0 Å². The Balaban J connectivity index is 2.21. The first kappa shape index (κ1) is 14.8. The SMILES string of the molecule is CC(C)NCC1CCCCN1c1ncccc1C(N)=O. The predicted molar refractivity (Wildman–Crippen MR) is 80.9 cm³/mol. The topological polar surface area (TPSA) is 71.2 Å². The molecule has 1 aromatic heterocycles. The molecular formula is C15H24N4O. The fraction of sp³-hybridized carbons (Fsp3) is 0.600. The quantitative estimate of drug-likeness (QED) is 0.855. The molecule has 1 aliphatic heterocycles. The van der Waals surface area contributed by atoms with Crippen molar-refractivity contribution >= 4 is 11.7 Å². The van der Waals surface area contributed by atoms with Crippen LogP contribution in [0.1, 0.15) is 43.5 Å². The lowest BCUT2D eigenvalue weighted by Gasteiger charge is -2.38. The third-order valence-corrected chi connectivity index (χ3v) is 3.71. The van der Waals surface area contributed by atoms with Crippen LogP contribution in [-0.4, -0.2) is 36.1 Å². The highest BCUT2D eigenvalue weighted by atomic mass is 16.1. The van der Waals surface area contributed by atoms with E-state index in [0.717, 1.165) is 31.7 Å². The minimum atomic E-state index is -0.408. The number of carbonyl (C=O) groups excluding carboxylic acids is 1. The molecule has 20 heavy (non-hydrogen) atoms. The lowest BCUT2D eigenvalue weighted by atomic mass is 10.0. The first-order valence-electron chi connectivity index (χ1n) is 7.34. The first-order chi connectivity index (χ1) is 9.59. The van der Waals surface area contributed by atoms with Crippen LogP contribution in [-0.2, 0) is 0 Å². The van der Waals surface area contributed by atoms with Gasteiger partial charge in [-0.3, -0.25) is 4.79 Å². The molecule has 2 heterocycles. The number of nitrogens with zero attached hydrogens (tertiary/aromatic N) is 2. The summed E-state index contributed by atoms with van der Waals surface area (Å²) in [6.45, 7) is 6.12. The van der Waals surface area contributed by atoms with Gasteiger partial charge >= 0.3 is 0 Å². The molecule has 110 valence electrons. The van der Waals surface area contributed by atoms with E-state index < -0.39 is 5.91 Å². The molecule has 1 fully saturated rings. The standard InChI is InChI=1S/C15H24N4O/c1-11(2)18-10-12-6-3-4-9-19(12)15-13(14(16)20)7-5-8-17-15/h5,7-8,11-12,18H,3-4,6,9-10H2,1-2H3,(H2,16,20). The summed E-state index contributed by atoms with van der Waals surface area (Å²) in [5.74, 6) is 0.324. The highest BCUT2D eigenvalue weighted by molar-refractivity contribution is 5.97. The van der Waals surface area contributed by atoms with Crippen molar-refractivity contribution in [2.75, 3.05) is 18.0 Å². The van der Waals surface area contributed by atoms with E-state index >= 15 is 0 Å². The van der Waals surface area contributed by atoms with E-state index in [2.05, 4.69) is 29.0 Å². The number of anilines is 1. The van der Waals surface area contributed by atoms with Crippen molar-refractivity contribution in [3.05, 3.63) is 23.9 Å². The lowest BCUT2D eigenvalue weighted by molar-refractivity contribution is 0.1000. The van der Waals surface area contributed by atoms with Crippen molar-refractivity contribution in [2.45, 2.75) is 45.2 Å². The third-order valence-electron chi connectivity index (χ3n) is 3.71. The second kappa shape index (κ2) is 6.70. The molecular weight excluding hydrogens is 252 g/mol. The van der Waals surface area contributed by atoms with E-state index in [1.165, 1.54) is 6.42 Å². The Morgan fingerprint density at radius 3 is 3.05 bits per heavy atom. The summed E-state index contributed by atoms with van der Waals surface area (Å²) in [6, 6.07) is 4.35. The molecule has 1 unspecified atom stereocenters. The van der Waals surface area contributed by atoms with E-state index in [1.54, 1.807) is 18.3 Å². The molecule has 2 rings (SSSR count). The molecule has 0 spiro atoms. The summed E-state index contributed by atoms with van der Waals surface area (Å²) < 4.78 is 0. The Hall–Kier alpha value is -1.62. The van der Waals surface area contributed by atoms with Gasteiger partial charge in [0, 0.05) is 31.4 Å². The Morgan fingerprint density at radius 2 is 2.35 bits per heavy atom. The summed E-state index contributed by atoms with van der Waals surface area (Å²) in [4.78, 5) is 18.2. The van der Waals surface area contributed by atoms with Gasteiger partial charge in [0.2, 0.25) is 0 Å². The molecule has 0 bridgehead atoms. The van der Waals surface area contributed by atoms with E-state index in [4.69, 9.17) is 5.73 Å². The number of primary amides is 1. The number of piperidine rings is 1. The summed E-state index contributed by atoms with van der Waals surface area (Å²) in [5, 5.41) is 3.48. The largest absolute Gasteiger partial charge is 0.365 e. The van der Waals surface area contributed by atoms with Crippen LogP contribution in [0.25, 0.3) is 0 Å². The third kappa shape index (κ3) is 3.48. The lowest BCUT2D eigenvalue weighted by Crippen LogP contribution is -2.47. The van der Waals surface area contributed by atoms with E-state index in [-0.39, 0.29) is 0 Å². The van der Waals surface area contributed by atoms with Crippen LogP contribution < -0.4 is 16.0 Å². The number of hydrogen-bond donors (Lipinski definition) is 2. The predicted octanol–water partition coefficient (Wildman–Crippen LogP) is 1.54.